The summed E-state index contributed by atoms with van der Waals surface area (Å²) in [4.78, 5) is 4.53. The van der Waals surface area contributed by atoms with Gasteiger partial charge in [0.05, 0.1) is 5.52 Å². The maximum Gasteiger partial charge on any atom is 0.137 e. The molecule has 1 atom stereocenters. The number of aryl methyl sites for hydroxylation is 1. The lowest BCUT2D eigenvalue weighted by molar-refractivity contribution is 0.636. The van der Waals surface area contributed by atoms with E-state index in [2.05, 4.69) is 68.3 Å². The minimum Gasteiger partial charge on any atom is -0.311 e. The number of benzene rings is 1. The van der Waals surface area contributed by atoms with Gasteiger partial charge < -0.3 is 5.32 Å². The van der Waals surface area contributed by atoms with Crippen molar-refractivity contribution in [1.29, 1.82) is 0 Å². The highest BCUT2D eigenvalue weighted by molar-refractivity contribution is 6.31. The first kappa shape index (κ1) is 15.0. The Morgan fingerprint density at radius 1 is 1.45 bits per heavy atom. The molecule has 2 rings (SSSR count). The van der Waals surface area contributed by atoms with E-state index in [-0.39, 0.29) is 0 Å². The van der Waals surface area contributed by atoms with Gasteiger partial charge in [-0.3, -0.25) is 0 Å². The number of pyridine rings is 1. The number of halogens is 1. The second-order valence-electron chi connectivity index (χ2n) is 5.18. The molecule has 0 aliphatic rings. The predicted octanol–water partition coefficient (Wildman–Crippen LogP) is 4.60. The van der Waals surface area contributed by atoms with Gasteiger partial charge in [0.1, 0.15) is 5.15 Å². The Bertz CT molecular complexity index is 647. The lowest BCUT2D eigenvalue weighted by atomic mass is 10.0. The fourth-order valence-corrected chi connectivity index (χ4v) is 2.47. The zero-order valence-corrected chi connectivity index (χ0v) is 13.3. The van der Waals surface area contributed by atoms with Crippen LogP contribution in [0.2, 0.25) is 5.15 Å². The predicted molar refractivity (Wildman–Crippen MR) is 88.3 cm³/mol. The fraction of sp³-hybridized carbons (Fsp3) is 0.353. The first-order valence-electron chi connectivity index (χ1n) is 7.00. The molecule has 20 heavy (non-hydrogen) atoms. The van der Waals surface area contributed by atoms with Crippen molar-refractivity contribution in [2.24, 2.45) is 0 Å². The second-order valence-corrected chi connectivity index (χ2v) is 5.54. The highest BCUT2D eigenvalue weighted by Crippen LogP contribution is 2.25. The van der Waals surface area contributed by atoms with E-state index in [1.54, 1.807) is 0 Å². The average molecular weight is 289 g/mol. The summed E-state index contributed by atoms with van der Waals surface area (Å²) in [7, 11) is 0. The van der Waals surface area contributed by atoms with Gasteiger partial charge in [-0.1, -0.05) is 48.4 Å². The molecule has 0 saturated heterocycles. The number of aromatic nitrogens is 1. The third kappa shape index (κ3) is 3.20. The number of hydrogen-bond donors (Lipinski definition) is 1. The monoisotopic (exact) mass is 288 g/mol. The number of hydrogen-bond acceptors (Lipinski definition) is 2. The molecule has 1 N–H and O–H groups in total. The van der Waals surface area contributed by atoms with Crippen molar-refractivity contribution in [3.05, 3.63) is 46.1 Å². The van der Waals surface area contributed by atoms with Crippen LogP contribution in [-0.4, -0.2) is 17.6 Å². The quantitative estimate of drug-likeness (QED) is 0.832. The zero-order chi connectivity index (χ0) is 14.7. The second kappa shape index (κ2) is 6.38. The molecular formula is C17H21ClN2. The molecule has 0 aliphatic heterocycles. The fourth-order valence-electron chi connectivity index (χ4n) is 2.28. The number of likely N-dealkylation sites (N-methyl/N-ethyl adjacent to an activating group) is 1. The molecule has 2 aromatic rings. The van der Waals surface area contributed by atoms with Crippen LogP contribution in [0.15, 0.2) is 29.8 Å². The highest BCUT2D eigenvalue weighted by atomic mass is 35.5. The van der Waals surface area contributed by atoms with Crippen LogP contribution in [0.4, 0.5) is 0 Å². The molecule has 0 amide bonds. The van der Waals surface area contributed by atoms with Crippen LogP contribution in [0, 0.1) is 6.92 Å². The van der Waals surface area contributed by atoms with Crippen LogP contribution in [-0.2, 0) is 0 Å². The summed E-state index contributed by atoms with van der Waals surface area (Å²) in [6.07, 6.45) is 2.12. The number of rotatable bonds is 4. The van der Waals surface area contributed by atoms with E-state index in [4.69, 9.17) is 11.6 Å². The van der Waals surface area contributed by atoms with Crippen LogP contribution in [0.3, 0.4) is 0 Å². The molecule has 1 aromatic heterocycles. The van der Waals surface area contributed by atoms with E-state index >= 15 is 0 Å². The van der Waals surface area contributed by atoms with Crippen LogP contribution in [0.25, 0.3) is 17.0 Å². The first-order chi connectivity index (χ1) is 9.52. The van der Waals surface area contributed by atoms with Gasteiger partial charge in [0.15, 0.2) is 0 Å². The van der Waals surface area contributed by atoms with Gasteiger partial charge in [-0.15, -0.1) is 0 Å². The van der Waals surface area contributed by atoms with Crippen molar-refractivity contribution in [3.63, 3.8) is 0 Å². The average Bonchev–Trinajstić information content (AvgIpc) is 2.41. The number of para-hydroxylation sites is 1. The Kier molecular flexibility index (Phi) is 4.79. The van der Waals surface area contributed by atoms with Crippen molar-refractivity contribution in [1.82, 2.24) is 10.3 Å². The molecule has 0 fully saturated rings. The molecule has 106 valence electrons. The van der Waals surface area contributed by atoms with Gasteiger partial charge in [-0.2, -0.15) is 0 Å². The lowest BCUT2D eigenvalue weighted by Crippen LogP contribution is -2.26. The Labute approximate surface area is 125 Å². The Balaban J connectivity index is 2.45. The summed E-state index contributed by atoms with van der Waals surface area (Å²) in [5.41, 5.74) is 4.36. The zero-order valence-electron chi connectivity index (χ0n) is 12.5. The van der Waals surface area contributed by atoms with Gasteiger partial charge in [0, 0.05) is 17.0 Å². The molecule has 1 heterocycles. The van der Waals surface area contributed by atoms with E-state index in [9.17, 15) is 0 Å². The van der Waals surface area contributed by atoms with Crippen molar-refractivity contribution in [3.8, 4) is 0 Å². The Morgan fingerprint density at radius 2 is 2.20 bits per heavy atom. The SMILES string of the molecule is CCNC(C)/C(C)=C/c1cc2cccc(C)c2nc1Cl. The largest absolute Gasteiger partial charge is 0.311 e. The molecular weight excluding hydrogens is 268 g/mol. The maximum atomic E-state index is 6.32. The standard InChI is InChI=1S/C17H21ClN2/c1-5-19-13(4)12(3)9-15-10-14-8-6-7-11(2)16(14)20-17(15)18/h6-10,13,19H,5H2,1-4H3/b12-9+. The number of nitrogens with zero attached hydrogens (tertiary/aromatic N) is 1. The third-order valence-corrected chi connectivity index (χ3v) is 3.91. The Morgan fingerprint density at radius 3 is 2.90 bits per heavy atom. The molecule has 1 aromatic carbocycles. The molecule has 0 saturated carbocycles. The van der Waals surface area contributed by atoms with E-state index in [0.29, 0.717) is 11.2 Å². The van der Waals surface area contributed by atoms with E-state index < -0.39 is 0 Å². The van der Waals surface area contributed by atoms with Crippen molar-refractivity contribution in [2.75, 3.05) is 6.54 Å². The Hall–Kier alpha value is -1.38. The minimum absolute atomic E-state index is 0.337. The van der Waals surface area contributed by atoms with E-state index in [1.807, 2.05) is 0 Å². The molecule has 2 nitrogen and oxygen atoms in total. The van der Waals surface area contributed by atoms with Crippen LogP contribution < -0.4 is 5.32 Å². The molecule has 0 aliphatic carbocycles. The molecule has 0 bridgehead atoms. The number of nitrogens with one attached hydrogen (secondary N) is 1. The molecule has 0 radical (unpaired) electrons. The minimum atomic E-state index is 0.337. The summed E-state index contributed by atoms with van der Waals surface area (Å²) >= 11 is 6.32. The normalized spacial score (nSPS) is 13.8. The summed E-state index contributed by atoms with van der Waals surface area (Å²) in [5, 5.41) is 5.09. The van der Waals surface area contributed by atoms with Gasteiger partial charge >= 0.3 is 0 Å². The third-order valence-electron chi connectivity index (χ3n) is 3.60. The first-order valence-corrected chi connectivity index (χ1v) is 7.38. The molecule has 0 spiro atoms. The van der Waals surface area contributed by atoms with Crippen molar-refractivity contribution < 1.29 is 0 Å². The highest BCUT2D eigenvalue weighted by Gasteiger charge is 2.07. The maximum absolute atomic E-state index is 6.32. The van der Waals surface area contributed by atoms with Crippen LogP contribution in [0.1, 0.15) is 31.9 Å². The van der Waals surface area contributed by atoms with Gasteiger partial charge in [-0.05, 0) is 38.9 Å². The summed E-state index contributed by atoms with van der Waals surface area (Å²) in [5.74, 6) is 0. The van der Waals surface area contributed by atoms with Crippen LogP contribution >= 0.6 is 11.6 Å². The number of fused-ring (bicyclic) bond motifs is 1. The van der Waals surface area contributed by atoms with E-state index in [1.165, 1.54) is 5.57 Å². The lowest BCUT2D eigenvalue weighted by Gasteiger charge is -2.13. The van der Waals surface area contributed by atoms with Gasteiger partial charge in [0.2, 0.25) is 0 Å². The van der Waals surface area contributed by atoms with Crippen molar-refractivity contribution >= 4 is 28.6 Å². The van der Waals surface area contributed by atoms with E-state index in [0.717, 1.165) is 28.6 Å². The summed E-state index contributed by atoms with van der Waals surface area (Å²) < 4.78 is 0. The molecule has 3 heteroatoms. The van der Waals surface area contributed by atoms with Gasteiger partial charge in [0.25, 0.3) is 0 Å². The van der Waals surface area contributed by atoms with Crippen LogP contribution in [0.5, 0.6) is 0 Å². The van der Waals surface area contributed by atoms with Gasteiger partial charge in [-0.25, -0.2) is 4.98 Å². The topological polar surface area (TPSA) is 24.9 Å². The summed E-state index contributed by atoms with van der Waals surface area (Å²) in [6.45, 7) is 9.39. The summed E-state index contributed by atoms with van der Waals surface area (Å²) in [6, 6.07) is 8.63. The van der Waals surface area contributed by atoms with Crippen molar-refractivity contribution in [2.45, 2.75) is 33.7 Å². The molecule has 1 unspecified atom stereocenters. The smallest absolute Gasteiger partial charge is 0.137 e.